The Labute approximate surface area is 167 Å². The van der Waals surface area contributed by atoms with E-state index in [4.69, 9.17) is 23.8 Å². The number of piperazine rings is 1. The van der Waals surface area contributed by atoms with E-state index in [2.05, 4.69) is 17.1 Å². The highest BCUT2D eigenvalue weighted by Gasteiger charge is 2.25. The Kier molecular flexibility index (Phi) is 6.28. The molecule has 0 radical (unpaired) electrons. The van der Waals surface area contributed by atoms with Gasteiger partial charge in [-0.15, -0.1) is 0 Å². The predicted octanol–water partition coefficient (Wildman–Crippen LogP) is 2.53. The SMILES string of the molecule is CCCc1n[nH]c(=S)n1CC(=O)N1CCN(C(=O)c2ccc(Cl)cc2)CC1. The number of halogens is 1. The Hall–Kier alpha value is -2.19. The molecule has 2 heterocycles. The van der Waals surface area contributed by atoms with E-state index < -0.39 is 0 Å². The molecule has 1 saturated heterocycles. The summed E-state index contributed by atoms with van der Waals surface area (Å²) in [4.78, 5) is 28.7. The van der Waals surface area contributed by atoms with Crippen LogP contribution in [0, 0.1) is 4.77 Å². The van der Waals surface area contributed by atoms with Crippen LogP contribution in [0.15, 0.2) is 24.3 Å². The maximum absolute atomic E-state index is 12.7. The zero-order valence-electron chi connectivity index (χ0n) is 15.2. The molecule has 1 fully saturated rings. The average molecular weight is 408 g/mol. The standard InChI is InChI=1S/C18H22ClN5O2S/c1-2-3-15-20-21-18(27)24(15)12-16(25)22-8-10-23(11-9-22)17(26)13-4-6-14(19)7-5-13/h4-7H,2-3,8-12H2,1H3,(H,21,27). The number of benzene rings is 1. The minimum absolute atomic E-state index is 0.0107. The van der Waals surface area contributed by atoms with Crippen LogP contribution < -0.4 is 0 Å². The molecule has 1 aliphatic heterocycles. The van der Waals surface area contributed by atoms with E-state index in [-0.39, 0.29) is 18.4 Å². The molecule has 2 amide bonds. The third kappa shape index (κ3) is 4.56. The van der Waals surface area contributed by atoms with Crippen LogP contribution in [0.3, 0.4) is 0 Å². The first-order chi connectivity index (χ1) is 13.0. The van der Waals surface area contributed by atoms with E-state index in [0.29, 0.717) is 41.5 Å². The van der Waals surface area contributed by atoms with Crippen LogP contribution in [0.5, 0.6) is 0 Å². The van der Waals surface area contributed by atoms with Crippen LogP contribution in [-0.2, 0) is 17.8 Å². The van der Waals surface area contributed by atoms with Crippen molar-refractivity contribution in [3.05, 3.63) is 45.4 Å². The van der Waals surface area contributed by atoms with Gasteiger partial charge in [0.2, 0.25) is 5.91 Å². The number of rotatable bonds is 5. The Morgan fingerprint density at radius 1 is 1.15 bits per heavy atom. The molecule has 27 heavy (non-hydrogen) atoms. The average Bonchev–Trinajstić information content (AvgIpc) is 3.02. The van der Waals surface area contributed by atoms with E-state index in [1.54, 1.807) is 38.6 Å². The van der Waals surface area contributed by atoms with E-state index in [1.165, 1.54) is 0 Å². The topological polar surface area (TPSA) is 74.2 Å². The number of nitrogens with zero attached hydrogens (tertiary/aromatic N) is 4. The van der Waals surface area contributed by atoms with Gasteiger partial charge in [0.15, 0.2) is 4.77 Å². The Morgan fingerprint density at radius 3 is 2.41 bits per heavy atom. The second-order valence-corrected chi connectivity index (χ2v) is 7.28. The Morgan fingerprint density at radius 2 is 1.78 bits per heavy atom. The molecular weight excluding hydrogens is 386 g/mol. The van der Waals surface area contributed by atoms with Crippen molar-refractivity contribution in [1.82, 2.24) is 24.6 Å². The molecule has 144 valence electrons. The summed E-state index contributed by atoms with van der Waals surface area (Å²) >= 11 is 11.1. The lowest BCUT2D eigenvalue weighted by molar-refractivity contribution is -0.133. The summed E-state index contributed by atoms with van der Waals surface area (Å²) in [5.41, 5.74) is 0.605. The quantitative estimate of drug-likeness (QED) is 0.773. The number of H-pyrrole nitrogens is 1. The summed E-state index contributed by atoms with van der Waals surface area (Å²) < 4.78 is 2.22. The van der Waals surface area contributed by atoms with Gasteiger partial charge in [-0.1, -0.05) is 18.5 Å². The summed E-state index contributed by atoms with van der Waals surface area (Å²) in [6.45, 7) is 4.26. The minimum Gasteiger partial charge on any atom is -0.338 e. The smallest absolute Gasteiger partial charge is 0.253 e. The van der Waals surface area contributed by atoms with Crippen molar-refractivity contribution < 1.29 is 9.59 Å². The maximum Gasteiger partial charge on any atom is 0.253 e. The molecule has 0 saturated carbocycles. The van der Waals surface area contributed by atoms with Crippen molar-refractivity contribution in [1.29, 1.82) is 0 Å². The highest BCUT2D eigenvalue weighted by molar-refractivity contribution is 7.71. The minimum atomic E-state index is -0.0407. The lowest BCUT2D eigenvalue weighted by Gasteiger charge is -2.35. The van der Waals surface area contributed by atoms with E-state index >= 15 is 0 Å². The molecule has 7 nitrogen and oxygen atoms in total. The third-order valence-electron chi connectivity index (χ3n) is 4.62. The number of carbonyl (C=O) groups is 2. The van der Waals surface area contributed by atoms with Gasteiger partial charge in [-0.3, -0.25) is 19.3 Å². The third-order valence-corrected chi connectivity index (χ3v) is 5.18. The van der Waals surface area contributed by atoms with Crippen molar-refractivity contribution in [3.8, 4) is 0 Å². The van der Waals surface area contributed by atoms with Crippen LogP contribution in [0.2, 0.25) is 5.02 Å². The first kappa shape index (κ1) is 19.6. The molecule has 1 aromatic heterocycles. The summed E-state index contributed by atoms with van der Waals surface area (Å²) in [5.74, 6) is 0.747. The second-order valence-electron chi connectivity index (χ2n) is 6.46. The fourth-order valence-corrected chi connectivity index (χ4v) is 3.44. The molecular formula is C18H22ClN5O2S. The van der Waals surface area contributed by atoms with Gasteiger partial charge in [-0.25, -0.2) is 0 Å². The van der Waals surface area contributed by atoms with Gasteiger partial charge < -0.3 is 9.80 Å². The van der Waals surface area contributed by atoms with Gasteiger partial charge >= 0.3 is 0 Å². The van der Waals surface area contributed by atoms with Crippen molar-refractivity contribution in [2.75, 3.05) is 26.2 Å². The first-order valence-electron chi connectivity index (χ1n) is 8.96. The molecule has 0 unspecified atom stereocenters. The van der Waals surface area contributed by atoms with Gasteiger partial charge in [-0.05, 0) is 42.9 Å². The van der Waals surface area contributed by atoms with Crippen molar-refractivity contribution in [2.45, 2.75) is 26.3 Å². The molecule has 0 spiro atoms. The van der Waals surface area contributed by atoms with Gasteiger partial charge in [0, 0.05) is 43.2 Å². The number of hydrogen-bond donors (Lipinski definition) is 1. The molecule has 0 aliphatic carbocycles. The number of nitrogens with one attached hydrogen (secondary N) is 1. The van der Waals surface area contributed by atoms with Crippen LogP contribution >= 0.6 is 23.8 Å². The normalized spacial score (nSPS) is 14.4. The van der Waals surface area contributed by atoms with Crippen molar-refractivity contribution >= 4 is 35.6 Å². The van der Waals surface area contributed by atoms with Crippen molar-refractivity contribution in [3.63, 3.8) is 0 Å². The number of aromatic amines is 1. The monoisotopic (exact) mass is 407 g/mol. The lowest BCUT2D eigenvalue weighted by Crippen LogP contribution is -2.51. The zero-order valence-corrected chi connectivity index (χ0v) is 16.7. The fourth-order valence-electron chi connectivity index (χ4n) is 3.10. The van der Waals surface area contributed by atoms with Crippen LogP contribution in [-0.4, -0.2) is 62.6 Å². The number of aryl methyl sites for hydroxylation is 1. The Bertz CT molecular complexity index is 869. The molecule has 1 aromatic carbocycles. The summed E-state index contributed by atoms with van der Waals surface area (Å²) in [6, 6.07) is 6.85. The maximum atomic E-state index is 12.7. The first-order valence-corrected chi connectivity index (χ1v) is 9.75. The van der Waals surface area contributed by atoms with Gasteiger partial charge in [0.1, 0.15) is 12.4 Å². The molecule has 3 rings (SSSR count). The zero-order chi connectivity index (χ0) is 19.4. The molecule has 9 heteroatoms. The van der Waals surface area contributed by atoms with Crippen LogP contribution in [0.1, 0.15) is 29.5 Å². The molecule has 1 N–H and O–H groups in total. The summed E-state index contributed by atoms with van der Waals surface area (Å²) in [5, 5.41) is 7.55. The molecule has 2 aromatic rings. The van der Waals surface area contributed by atoms with Crippen molar-refractivity contribution in [2.24, 2.45) is 0 Å². The van der Waals surface area contributed by atoms with Crippen LogP contribution in [0.25, 0.3) is 0 Å². The van der Waals surface area contributed by atoms with E-state index in [1.807, 2.05) is 0 Å². The molecule has 0 atom stereocenters. The fraction of sp³-hybridized carbons (Fsp3) is 0.444. The summed E-state index contributed by atoms with van der Waals surface area (Å²) in [6.07, 6.45) is 1.70. The van der Waals surface area contributed by atoms with Gasteiger partial charge in [0.25, 0.3) is 5.91 Å². The predicted molar refractivity (Wildman–Crippen MR) is 105 cm³/mol. The molecule has 1 aliphatic rings. The number of carbonyl (C=O) groups excluding carboxylic acids is 2. The number of hydrogen-bond acceptors (Lipinski definition) is 4. The van der Waals surface area contributed by atoms with E-state index in [9.17, 15) is 9.59 Å². The van der Waals surface area contributed by atoms with Crippen LogP contribution in [0.4, 0.5) is 0 Å². The highest BCUT2D eigenvalue weighted by atomic mass is 35.5. The van der Waals surface area contributed by atoms with Gasteiger partial charge in [0.05, 0.1) is 0 Å². The van der Waals surface area contributed by atoms with Gasteiger partial charge in [-0.2, -0.15) is 5.10 Å². The number of aromatic nitrogens is 3. The molecule has 0 bridgehead atoms. The second kappa shape index (κ2) is 8.67. The summed E-state index contributed by atoms with van der Waals surface area (Å²) in [7, 11) is 0. The van der Waals surface area contributed by atoms with E-state index in [0.717, 1.165) is 18.7 Å². The highest BCUT2D eigenvalue weighted by Crippen LogP contribution is 2.13. The Balaban J connectivity index is 1.58. The number of amides is 2. The largest absolute Gasteiger partial charge is 0.338 e. The lowest BCUT2D eigenvalue weighted by atomic mass is 10.2.